The number of nitrogens with two attached hydrogens (primary N) is 1. The molecule has 3 N–H and O–H groups in total. The van der Waals surface area contributed by atoms with Gasteiger partial charge in [-0.1, -0.05) is 36.4 Å². The minimum Gasteiger partial charge on any atom is -0.398 e. The molecule has 5 heteroatoms. The van der Waals surface area contributed by atoms with Crippen molar-refractivity contribution in [3.8, 4) is 0 Å². The number of hydrogen-bond donors (Lipinski definition) is 2. The van der Waals surface area contributed by atoms with Gasteiger partial charge in [0, 0.05) is 16.5 Å². The Morgan fingerprint density at radius 3 is 2.14 bits per heavy atom. The molecule has 0 fully saturated rings. The lowest BCUT2D eigenvalue weighted by atomic mass is 9.93. The SMILES string of the molecule is Nc1ccc2ccc3cccc4cc(S(=O)(=O)O)c1c2c34. The molecule has 4 nitrogen and oxygen atoms in total. The number of anilines is 1. The fourth-order valence-electron chi connectivity index (χ4n) is 3.04. The zero-order valence-corrected chi connectivity index (χ0v) is 11.7. The molecule has 4 aromatic rings. The van der Waals surface area contributed by atoms with Crippen molar-refractivity contribution in [3.05, 3.63) is 48.5 Å². The van der Waals surface area contributed by atoms with Gasteiger partial charge < -0.3 is 5.73 Å². The Bertz CT molecular complexity index is 1120. The maximum absolute atomic E-state index is 11.7. The number of benzene rings is 4. The third kappa shape index (κ3) is 1.62. The van der Waals surface area contributed by atoms with Crippen molar-refractivity contribution in [1.29, 1.82) is 0 Å². The summed E-state index contributed by atoms with van der Waals surface area (Å²) >= 11 is 0. The normalized spacial score (nSPS) is 12.6. The molecule has 0 spiro atoms. The zero-order valence-electron chi connectivity index (χ0n) is 10.9. The highest BCUT2D eigenvalue weighted by atomic mass is 32.2. The molecule has 0 aliphatic heterocycles. The minimum absolute atomic E-state index is 0.142. The summed E-state index contributed by atoms with van der Waals surface area (Å²) in [5.41, 5.74) is 6.33. The Kier molecular flexibility index (Phi) is 2.26. The Balaban J connectivity index is 2.47. The second-order valence-corrected chi connectivity index (χ2v) is 6.51. The van der Waals surface area contributed by atoms with E-state index in [1.165, 1.54) is 6.07 Å². The van der Waals surface area contributed by atoms with E-state index in [-0.39, 0.29) is 4.90 Å². The van der Waals surface area contributed by atoms with Crippen LogP contribution >= 0.6 is 0 Å². The van der Waals surface area contributed by atoms with E-state index in [0.717, 1.165) is 26.9 Å². The van der Waals surface area contributed by atoms with Crippen LogP contribution < -0.4 is 5.73 Å². The Hall–Kier alpha value is -2.37. The molecule has 0 bridgehead atoms. The maximum Gasteiger partial charge on any atom is 0.295 e. The third-order valence-corrected chi connectivity index (χ3v) is 4.78. The van der Waals surface area contributed by atoms with Crippen LogP contribution in [0.25, 0.3) is 32.3 Å². The first kappa shape index (κ1) is 12.4. The van der Waals surface area contributed by atoms with Crippen molar-refractivity contribution < 1.29 is 13.0 Å². The van der Waals surface area contributed by atoms with Gasteiger partial charge in [0.1, 0.15) is 4.90 Å². The van der Waals surface area contributed by atoms with E-state index in [2.05, 4.69) is 0 Å². The van der Waals surface area contributed by atoms with Gasteiger partial charge >= 0.3 is 0 Å². The van der Waals surface area contributed by atoms with Crippen molar-refractivity contribution in [2.75, 3.05) is 5.73 Å². The summed E-state index contributed by atoms with van der Waals surface area (Å²) in [6, 6.07) is 14.6. The van der Waals surface area contributed by atoms with Crippen molar-refractivity contribution in [3.63, 3.8) is 0 Å². The van der Waals surface area contributed by atoms with Gasteiger partial charge in [-0.2, -0.15) is 8.42 Å². The lowest BCUT2D eigenvalue weighted by Crippen LogP contribution is -2.02. The Labute approximate surface area is 120 Å². The molecule has 104 valence electrons. The molecule has 0 radical (unpaired) electrons. The zero-order chi connectivity index (χ0) is 14.8. The van der Waals surface area contributed by atoms with Gasteiger partial charge in [-0.15, -0.1) is 0 Å². The molecule has 0 aromatic heterocycles. The first-order valence-electron chi connectivity index (χ1n) is 6.40. The predicted octanol–water partition coefficient (Wildman–Crippen LogP) is 3.41. The molecule has 0 amide bonds. The van der Waals surface area contributed by atoms with Gasteiger partial charge in [0.05, 0.1) is 0 Å². The van der Waals surface area contributed by atoms with Crippen molar-refractivity contribution in [2.24, 2.45) is 0 Å². The van der Waals surface area contributed by atoms with Gasteiger partial charge in [0.2, 0.25) is 0 Å². The van der Waals surface area contributed by atoms with Crippen LogP contribution in [0.2, 0.25) is 0 Å². The molecule has 0 aliphatic carbocycles. The molecular formula is C16H11NO3S. The fraction of sp³-hybridized carbons (Fsp3) is 0. The second kappa shape index (κ2) is 3.84. The summed E-state index contributed by atoms with van der Waals surface area (Å²) in [7, 11) is -4.35. The van der Waals surface area contributed by atoms with Gasteiger partial charge in [-0.25, -0.2) is 0 Å². The Morgan fingerprint density at radius 2 is 1.43 bits per heavy atom. The topological polar surface area (TPSA) is 80.4 Å². The standard InChI is InChI=1S/C16H11NO3S/c17-12-7-6-10-5-4-9-2-1-3-11-8-13(21(18,19)20)16(12)15(10)14(9)11/h1-8H,17H2,(H,18,19,20). The molecule has 0 heterocycles. The maximum atomic E-state index is 11.7. The van der Waals surface area contributed by atoms with Crippen LogP contribution in [0.4, 0.5) is 5.69 Å². The van der Waals surface area contributed by atoms with E-state index in [0.29, 0.717) is 11.1 Å². The lowest BCUT2D eigenvalue weighted by Gasteiger charge is -2.14. The van der Waals surface area contributed by atoms with Crippen LogP contribution in [0.15, 0.2) is 53.4 Å². The average Bonchev–Trinajstić information content (AvgIpc) is 2.45. The molecule has 4 rings (SSSR count). The summed E-state index contributed by atoms with van der Waals surface area (Å²) in [5, 5.41) is 4.80. The highest BCUT2D eigenvalue weighted by Crippen LogP contribution is 2.40. The van der Waals surface area contributed by atoms with Gasteiger partial charge in [-0.05, 0) is 33.7 Å². The molecule has 0 saturated heterocycles. The molecule has 21 heavy (non-hydrogen) atoms. The van der Waals surface area contributed by atoms with Crippen LogP contribution in [-0.2, 0) is 10.1 Å². The number of hydrogen-bond acceptors (Lipinski definition) is 3. The first-order valence-corrected chi connectivity index (χ1v) is 7.84. The van der Waals surface area contributed by atoms with E-state index in [1.807, 2.05) is 36.4 Å². The molecule has 4 aromatic carbocycles. The quantitative estimate of drug-likeness (QED) is 0.320. The van der Waals surface area contributed by atoms with Gasteiger partial charge in [0.15, 0.2) is 0 Å². The summed E-state index contributed by atoms with van der Waals surface area (Å²) in [5.74, 6) is 0. The summed E-state index contributed by atoms with van der Waals surface area (Å²) in [6.45, 7) is 0. The van der Waals surface area contributed by atoms with Crippen molar-refractivity contribution in [1.82, 2.24) is 0 Å². The van der Waals surface area contributed by atoms with Gasteiger partial charge in [-0.3, -0.25) is 4.55 Å². The lowest BCUT2D eigenvalue weighted by molar-refractivity contribution is 0.484. The summed E-state index contributed by atoms with van der Waals surface area (Å²) in [4.78, 5) is -0.142. The minimum atomic E-state index is -4.35. The molecule has 0 saturated carbocycles. The van der Waals surface area contributed by atoms with E-state index in [9.17, 15) is 13.0 Å². The summed E-state index contributed by atoms with van der Waals surface area (Å²) in [6.07, 6.45) is 0. The monoisotopic (exact) mass is 297 g/mol. The second-order valence-electron chi connectivity index (χ2n) is 5.12. The van der Waals surface area contributed by atoms with E-state index in [1.54, 1.807) is 6.07 Å². The first-order chi connectivity index (χ1) is 9.97. The van der Waals surface area contributed by atoms with Crippen LogP contribution in [0.1, 0.15) is 0 Å². The van der Waals surface area contributed by atoms with Gasteiger partial charge in [0.25, 0.3) is 10.1 Å². The fourth-order valence-corrected chi connectivity index (χ4v) is 3.80. The third-order valence-electron chi connectivity index (χ3n) is 3.90. The smallest absolute Gasteiger partial charge is 0.295 e. The predicted molar refractivity (Wildman–Crippen MR) is 84.4 cm³/mol. The molecule has 0 unspecified atom stereocenters. The molecular weight excluding hydrogens is 286 g/mol. The van der Waals surface area contributed by atoms with Crippen LogP contribution in [-0.4, -0.2) is 13.0 Å². The van der Waals surface area contributed by atoms with E-state index in [4.69, 9.17) is 5.73 Å². The highest BCUT2D eigenvalue weighted by Gasteiger charge is 2.20. The molecule has 0 atom stereocenters. The summed E-state index contributed by atoms with van der Waals surface area (Å²) < 4.78 is 33.0. The highest BCUT2D eigenvalue weighted by molar-refractivity contribution is 7.86. The largest absolute Gasteiger partial charge is 0.398 e. The van der Waals surface area contributed by atoms with Crippen molar-refractivity contribution >= 4 is 48.1 Å². The van der Waals surface area contributed by atoms with Crippen molar-refractivity contribution in [2.45, 2.75) is 4.90 Å². The number of nitrogen functional groups attached to an aromatic ring is 1. The van der Waals surface area contributed by atoms with Crippen LogP contribution in [0.3, 0.4) is 0 Å². The number of rotatable bonds is 1. The Morgan fingerprint density at radius 1 is 0.810 bits per heavy atom. The van der Waals surface area contributed by atoms with Crippen LogP contribution in [0, 0.1) is 0 Å². The van der Waals surface area contributed by atoms with Crippen LogP contribution in [0.5, 0.6) is 0 Å². The van der Waals surface area contributed by atoms with E-state index >= 15 is 0 Å². The molecule has 0 aliphatic rings. The average molecular weight is 297 g/mol. The van der Waals surface area contributed by atoms with E-state index < -0.39 is 10.1 Å².